The topological polar surface area (TPSA) is 29.3 Å². The zero-order valence-corrected chi connectivity index (χ0v) is 12.0. The summed E-state index contributed by atoms with van der Waals surface area (Å²) in [5.41, 5.74) is 6.34. The Morgan fingerprint density at radius 1 is 1.25 bits per heavy atom. The lowest BCUT2D eigenvalue weighted by Crippen LogP contribution is -2.54. The lowest BCUT2D eigenvalue weighted by Gasteiger charge is -2.43. The fraction of sp³-hybridized carbons (Fsp3) is 1.00. The fourth-order valence-electron chi connectivity index (χ4n) is 2.51. The third-order valence-electron chi connectivity index (χ3n) is 4.53. The third-order valence-corrected chi connectivity index (χ3v) is 4.53. The second-order valence-electron chi connectivity index (χ2n) is 7.03. The van der Waals surface area contributed by atoms with Gasteiger partial charge in [0.15, 0.2) is 0 Å². The Bertz CT molecular complexity index is 225. The second-order valence-corrected chi connectivity index (χ2v) is 7.03. The van der Waals surface area contributed by atoms with Gasteiger partial charge in [0, 0.05) is 18.1 Å². The molecule has 1 saturated heterocycles. The first-order valence-electron chi connectivity index (χ1n) is 6.68. The SMILES string of the molecule is CC(C)C1CCCN1CC(C)(C)C(C)(C)N. The van der Waals surface area contributed by atoms with Crippen LogP contribution in [0.5, 0.6) is 0 Å². The van der Waals surface area contributed by atoms with Crippen LogP contribution in [0.1, 0.15) is 54.4 Å². The molecule has 1 unspecified atom stereocenters. The number of hydrogen-bond donors (Lipinski definition) is 1. The molecule has 0 aromatic rings. The van der Waals surface area contributed by atoms with Gasteiger partial charge in [0.2, 0.25) is 0 Å². The molecule has 0 amide bonds. The minimum atomic E-state index is -0.114. The van der Waals surface area contributed by atoms with E-state index in [2.05, 4.69) is 46.4 Å². The van der Waals surface area contributed by atoms with E-state index in [9.17, 15) is 0 Å². The van der Waals surface area contributed by atoms with Crippen molar-refractivity contribution in [2.24, 2.45) is 17.1 Å². The maximum Gasteiger partial charge on any atom is 0.0161 e. The Morgan fingerprint density at radius 3 is 2.25 bits per heavy atom. The molecule has 2 heteroatoms. The van der Waals surface area contributed by atoms with E-state index >= 15 is 0 Å². The van der Waals surface area contributed by atoms with E-state index in [1.54, 1.807) is 0 Å². The summed E-state index contributed by atoms with van der Waals surface area (Å²) in [6.07, 6.45) is 2.71. The maximum atomic E-state index is 6.29. The quantitative estimate of drug-likeness (QED) is 0.798. The largest absolute Gasteiger partial charge is 0.325 e. The van der Waals surface area contributed by atoms with Gasteiger partial charge in [0.25, 0.3) is 0 Å². The van der Waals surface area contributed by atoms with Gasteiger partial charge in [0.1, 0.15) is 0 Å². The summed E-state index contributed by atoms with van der Waals surface area (Å²) >= 11 is 0. The van der Waals surface area contributed by atoms with Crippen molar-refractivity contribution >= 4 is 0 Å². The average molecular weight is 226 g/mol. The van der Waals surface area contributed by atoms with Gasteiger partial charge >= 0.3 is 0 Å². The highest BCUT2D eigenvalue weighted by Crippen LogP contribution is 2.33. The predicted octanol–water partition coefficient (Wildman–Crippen LogP) is 2.87. The molecule has 0 aromatic heterocycles. The number of hydrogen-bond acceptors (Lipinski definition) is 2. The summed E-state index contributed by atoms with van der Waals surface area (Å²) in [7, 11) is 0. The van der Waals surface area contributed by atoms with Crippen LogP contribution in [0.15, 0.2) is 0 Å². The third kappa shape index (κ3) is 2.98. The lowest BCUT2D eigenvalue weighted by atomic mass is 9.74. The van der Waals surface area contributed by atoms with Crippen molar-refractivity contribution in [3.8, 4) is 0 Å². The normalized spacial score (nSPS) is 24.4. The van der Waals surface area contributed by atoms with Gasteiger partial charge in [-0.2, -0.15) is 0 Å². The first kappa shape index (κ1) is 14.0. The van der Waals surface area contributed by atoms with Crippen molar-refractivity contribution in [2.45, 2.75) is 66.0 Å². The van der Waals surface area contributed by atoms with Crippen molar-refractivity contribution in [3.05, 3.63) is 0 Å². The molecule has 1 rings (SSSR count). The molecule has 0 bridgehead atoms. The summed E-state index contributed by atoms with van der Waals surface area (Å²) in [6, 6.07) is 0.765. The number of nitrogens with zero attached hydrogens (tertiary/aromatic N) is 1. The molecule has 1 aliphatic heterocycles. The molecule has 16 heavy (non-hydrogen) atoms. The molecule has 2 nitrogen and oxygen atoms in total. The van der Waals surface area contributed by atoms with Crippen LogP contribution in [0.4, 0.5) is 0 Å². The highest BCUT2D eigenvalue weighted by atomic mass is 15.2. The van der Waals surface area contributed by atoms with E-state index in [0.29, 0.717) is 0 Å². The van der Waals surface area contributed by atoms with Crippen LogP contribution in [-0.2, 0) is 0 Å². The molecule has 1 atom stereocenters. The molecule has 2 N–H and O–H groups in total. The van der Waals surface area contributed by atoms with Crippen molar-refractivity contribution in [3.63, 3.8) is 0 Å². The van der Waals surface area contributed by atoms with Crippen molar-refractivity contribution in [1.82, 2.24) is 4.90 Å². The molecule has 1 aliphatic rings. The molecule has 0 aliphatic carbocycles. The van der Waals surface area contributed by atoms with Crippen LogP contribution in [0.25, 0.3) is 0 Å². The zero-order chi connectivity index (χ0) is 12.6. The maximum absolute atomic E-state index is 6.29. The van der Waals surface area contributed by atoms with E-state index in [1.807, 2.05) is 0 Å². The Hall–Kier alpha value is -0.0800. The van der Waals surface area contributed by atoms with Gasteiger partial charge in [-0.05, 0) is 44.6 Å². The smallest absolute Gasteiger partial charge is 0.0161 e. The van der Waals surface area contributed by atoms with Crippen LogP contribution < -0.4 is 5.73 Å². The summed E-state index contributed by atoms with van der Waals surface area (Å²) in [5.74, 6) is 0.763. The molecule has 0 aromatic carbocycles. The standard InChI is InChI=1S/C14H30N2/c1-11(2)12-8-7-9-16(12)10-13(3,4)14(5,6)15/h11-12H,7-10,15H2,1-6H3. The molecular formula is C14H30N2. The summed E-state index contributed by atoms with van der Waals surface area (Å²) in [5, 5.41) is 0. The van der Waals surface area contributed by atoms with Crippen molar-refractivity contribution in [1.29, 1.82) is 0 Å². The minimum Gasteiger partial charge on any atom is -0.325 e. The molecule has 96 valence electrons. The van der Waals surface area contributed by atoms with Gasteiger partial charge in [-0.15, -0.1) is 0 Å². The monoisotopic (exact) mass is 226 g/mol. The predicted molar refractivity (Wildman–Crippen MR) is 71.5 cm³/mol. The Balaban J connectivity index is 2.66. The van der Waals surface area contributed by atoms with Gasteiger partial charge in [0.05, 0.1) is 0 Å². The molecule has 0 radical (unpaired) electrons. The van der Waals surface area contributed by atoms with E-state index in [1.165, 1.54) is 19.4 Å². The summed E-state index contributed by atoms with van der Waals surface area (Å²) < 4.78 is 0. The van der Waals surface area contributed by atoms with Gasteiger partial charge in [-0.1, -0.05) is 27.7 Å². The van der Waals surface area contributed by atoms with Gasteiger partial charge in [-0.25, -0.2) is 0 Å². The first-order chi connectivity index (χ1) is 7.15. The molecular weight excluding hydrogens is 196 g/mol. The van der Waals surface area contributed by atoms with Crippen molar-refractivity contribution in [2.75, 3.05) is 13.1 Å². The fourth-order valence-corrected chi connectivity index (χ4v) is 2.51. The Kier molecular flexibility index (Phi) is 4.07. The summed E-state index contributed by atoms with van der Waals surface area (Å²) in [4.78, 5) is 2.65. The number of rotatable bonds is 4. The second kappa shape index (κ2) is 4.66. The average Bonchev–Trinajstić information content (AvgIpc) is 2.49. The van der Waals surface area contributed by atoms with Crippen LogP contribution >= 0.6 is 0 Å². The van der Waals surface area contributed by atoms with Crippen LogP contribution in [0.2, 0.25) is 0 Å². The first-order valence-corrected chi connectivity index (χ1v) is 6.68. The molecule has 1 fully saturated rings. The molecule has 1 heterocycles. The minimum absolute atomic E-state index is 0.114. The van der Waals surface area contributed by atoms with Crippen LogP contribution in [0.3, 0.4) is 0 Å². The summed E-state index contributed by atoms with van der Waals surface area (Å²) in [6.45, 7) is 15.9. The highest BCUT2D eigenvalue weighted by molar-refractivity contribution is 4.95. The van der Waals surface area contributed by atoms with E-state index in [4.69, 9.17) is 5.73 Å². The van der Waals surface area contributed by atoms with Gasteiger partial charge in [-0.3, -0.25) is 4.90 Å². The van der Waals surface area contributed by atoms with Gasteiger partial charge < -0.3 is 5.73 Å². The van der Waals surface area contributed by atoms with Crippen LogP contribution in [-0.4, -0.2) is 29.6 Å². The van der Waals surface area contributed by atoms with E-state index in [0.717, 1.165) is 18.5 Å². The number of nitrogens with two attached hydrogens (primary N) is 1. The van der Waals surface area contributed by atoms with E-state index in [-0.39, 0.29) is 11.0 Å². The number of likely N-dealkylation sites (tertiary alicyclic amines) is 1. The van der Waals surface area contributed by atoms with E-state index < -0.39 is 0 Å². The van der Waals surface area contributed by atoms with Crippen LogP contribution in [0, 0.1) is 11.3 Å². The van der Waals surface area contributed by atoms with Crippen molar-refractivity contribution < 1.29 is 0 Å². The molecule has 0 spiro atoms. The Labute approximate surface area is 102 Å². The Morgan fingerprint density at radius 2 is 1.81 bits per heavy atom. The highest BCUT2D eigenvalue weighted by Gasteiger charge is 2.38. The lowest BCUT2D eigenvalue weighted by molar-refractivity contribution is 0.0908. The zero-order valence-electron chi connectivity index (χ0n) is 12.0. The molecule has 0 saturated carbocycles.